The SMILES string of the molecule is CC(C)(C)OC(=O)Nc1ccc(-c2ccccc2)cc1NC(=O)c1ccc(N2CCN(C(=O)OC(C)(C)C)CC2)cc1. The molecule has 1 fully saturated rings. The summed E-state index contributed by atoms with van der Waals surface area (Å²) in [6, 6.07) is 22.6. The van der Waals surface area contributed by atoms with Crippen LogP contribution >= 0.6 is 0 Å². The maximum Gasteiger partial charge on any atom is 0.412 e. The van der Waals surface area contributed by atoms with E-state index in [0.717, 1.165) is 16.8 Å². The lowest BCUT2D eigenvalue weighted by Gasteiger charge is -2.36. The molecule has 2 N–H and O–H groups in total. The molecule has 0 aromatic heterocycles. The number of carbonyl (C=O) groups excluding carboxylic acids is 3. The monoisotopic (exact) mass is 572 g/mol. The van der Waals surface area contributed by atoms with E-state index in [1.54, 1.807) is 43.9 Å². The Morgan fingerprint density at radius 3 is 1.88 bits per heavy atom. The number of hydrogen-bond acceptors (Lipinski definition) is 6. The summed E-state index contributed by atoms with van der Waals surface area (Å²) in [5.41, 5.74) is 3.00. The van der Waals surface area contributed by atoms with Crippen LogP contribution in [0.15, 0.2) is 72.8 Å². The first-order valence-corrected chi connectivity index (χ1v) is 14.1. The van der Waals surface area contributed by atoms with E-state index in [1.807, 2.05) is 75.4 Å². The normalized spacial score (nSPS) is 13.8. The second kappa shape index (κ2) is 12.5. The Kier molecular flexibility index (Phi) is 9.09. The minimum absolute atomic E-state index is 0.300. The fraction of sp³-hybridized carbons (Fsp3) is 0.364. The summed E-state index contributed by atoms with van der Waals surface area (Å²) >= 11 is 0. The average molecular weight is 573 g/mol. The van der Waals surface area contributed by atoms with Crippen LogP contribution in [0.25, 0.3) is 11.1 Å². The lowest BCUT2D eigenvalue weighted by atomic mass is 10.0. The zero-order valence-corrected chi connectivity index (χ0v) is 25.2. The van der Waals surface area contributed by atoms with E-state index in [4.69, 9.17) is 9.47 Å². The highest BCUT2D eigenvalue weighted by molar-refractivity contribution is 6.07. The number of benzene rings is 3. The van der Waals surface area contributed by atoms with Crippen molar-refractivity contribution in [3.8, 4) is 11.1 Å². The van der Waals surface area contributed by atoms with Crippen LogP contribution in [0, 0.1) is 0 Å². The van der Waals surface area contributed by atoms with E-state index in [9.17, 15) is 14.4 Å². The Bertz CT molecular complexity index is 1400. The fourth-order valence-electron chi connectivity index (χ4n) is 4.47. The molecular formula is C33H40N4O5. The van der Waals surface area contributed by atoms with Gasteiger partial charge in [0.2, 0.25) is 0 Å². The number of hydrogen-bond donors (Lipinski definition) is 2. The van der Waals surface area contributed by atoms with Crippen LogP contribution < -0.4 is 15.5 Å². The Hall–Kier alpha value is -4.53. The molecular weight excluding hydrogens is 532 g/mol. The van der Waals surface area contributed by atoms with Gasteiger partial charge in [0.25, 0.3) is 5.91 Å². The van der Waals surface area contributed by atoms with Gasteiger partial charge in [-0.1, -0.05) is 36.4 Å². The van der Waals surface area contributed by atoms with Gasteiger partial charge in [-0.15, -0.1) is 0 Å². The summed E-state index contributed by atoms with van der Waals surface area (Å²) in [6.07, 6.45) is -0.910. The van der Waals surface area contributed by atoms with Crippen molar-refractivity contribution in [3.63, 3.8) is 0 Å². The van der Waals surface area contributed by atoms with E-state index >= 15 is 0 Å². The van der Waals surface area contributed by atoms with Gasteiger partial charge in [-0.05, 0) is 89.1 Å². The van der Waals surface area contributed by atoms with Crippen LogP contribution in [0.1, 0.15) is 51.9 Å². The Labute approximate surface area is 247 Å². The molecule has 222 valence electrons. The highest BCUT2D eigenvalue weighted by atomic mass is 16.6. The van der Waals surface area contributed by atoms with Crippen LogP contribution in [0.5, 0.6) is 0 Å². The minimum Gasteiger partial charge on any atom is -0.444 e. The van der Waals surface area contributed by atoms with Gasteiger partial charge >= 0.3 is 12.2 Å². The zero-order chi connectivity index (χ0) is 30.5. The smallest absolute Gasteiger partial charge is 0.412 e. The molecule has 0 radical (unpaired) electrons. The fourth-order valence-corrected chi connectivity index (χ4v) is 4.47. The molecule has 9 heteroatoms. The summed E-state index contributed by atoms with van der Waals surface area (Å²) in [5.74, 6) is -0.311. The number of anilines is 3. The van der Waals surface area contributed by atoms with Crippen LogP contribution in [0.4, 0.5) is 26.7 Å². The van der Waals surface area contributed by atoms with E-state index in [0.29, 0.717) is 43.1 Å². The van der Waals surface area contributed by atoms with Crippen molar-refractivity contribution in [2.75, 3.05) is 41.7 Å². The maximum absolute atomic E-state index is 13.3. The summed E-state index contributed by atoms with van der Waals surface area (Å²) in [5, 5.41) is 5.72. The molecule has 1 aliphatic rings. The van der Waals surface area contributed by atoms with Crippen molar-refractivity contribution in [2.24, 2.45) is 0 Å². The molecule has 0 unspecified atom stereocenters. The van der Waals surface area contributed by atoms with Gasteiger partial charge < -0.3 is 24.6 Å². The van der Waals surface area contributed by atoms with Crippen LogP contribution in [0.2, 0.25) is 0 Å². The van der Waals surface area contributed by atoms with Crippen molar-refractivity contribution < 1.29 is 23.9 Å². The minimum atomic E-state index is -0.665. The molecule has 1 aliphatic heterocycles. The third-order valence-electron chi connectivity index (χ3n) is 6.44. The molecule has 0 atom stereocenters. The standard InChI is InChI=1S/C33H40N4O5/c1-32(2,3)41-30(39)35-27-17-14-25(23-10-8-7-9-11-23)22-28(27)34-29(38)24-12-15-26(16-13-24)36-18-20-37(21-19-36)31(40)42-33(4,5)6/h7-17,22H,18-21H2,1-6H3,(H,34,38)(H,35,39). The first-order valence-electron chi connectivity index (χ1n) is 14.1. The molecule has 0 spiro atoms. The number of amides is 3. The molecule has 3 amide bonds. The highest BCUT2D eigenvalue weighted by Gasteiger charge is 2.26. The van der Waals surface area contributed by atoms with Gasteiger partial charge in [-0.2, -0.15) is 0 Å². The quantitative estimate of drug-likeness (QED) is 0.341. The molecule has 3 aromatic carbocycles. The van der Waals surface area contributed by atoms with Crippen molar-refractivity contribution in [1.29, 1.82) is 0 Å². The summed E-state index contributed by atoms with van der Waals surface area (Å²) in [4.78, 5) is 42.1. The largest absolute Gasteiger partial charge is 0.444 e. The highest BCUT2D eigenvalue weighted by Crippen LogP contribution is 2.30. The van der Waals surface area contributed by atoms with Crippen molar-refractivity contribution in [3.05, 3.63) is 78.4 Å². The van der Waals surface area contributed by atoms with E-state index in [2.05, 4.69) is 15.5 Å². The predicted molar refractivity (Wildman–Crippen MR) is 166 cm³/mol. The molecule has 0 aliphatic carbocycles. The molecule has 0 bridgehead atoms. The molecule has 1 saturated heterocycles. The maximum atomic E-state index is 13.3. The molecule has 4 rings (SSSR count). The van der Waals surface area contributed by atoms with Gasteiger partial charge in [0.1, 0.15) is 11.2 Å². The third kappa shape index (κ3) is 8.49. The van der Waals surface area contributed by atoms with E-state index in [1.165, 1.54) is 0 Å². The first kappa shape index (κ1) is 30.4. The molecule has 3 aromatic rings. The predicted octanol–water partition coefficient (Wildman–Crippen LogP) is 7.01. The summed E-state index contributed by atoms with van der Waals surface area (Å²) in [7, 11) is 0. The van der Waals surface area contributed by atoms with E-state index in [-0.39, 0.29) is 12.0 Å². The van der Waals surface area contributed by atoms with Gasteiger partial charge in [0.05, 0.1) is 11.4 Å². The van der Waals surface area contributed by atoms with Gasteiger partial charge in [0, 0.05) is 37.4 Å². The summed E-state index contributed by atoms with van der Waals surface area (Å²) < 4.78 is 10.9. The lowest BCUT2D eigenvalue weighted by Crippen LogP contribution is -2.50. The van der Waals surface area contributed by atoms with Crippen LogP contribution in [0.3, 0.4) is 0 Å². The van der Waals surface area contributed by atoms with E-state index < -0.39 is 17.3 Å². The molecule has 42 heavy (non-hydrogen) atoms. The second-order valence-corrected chi connectivity index (χ2v) is 12.2. The van der Waals surface area contributed by atoms with Crippen molar-refractivity contribution in [2.45, 2.75) is 52.7 Å². The molecule has 9 nitrogen and oxygen atoms in total. The van der Waals surface area contributed by atoms with Crippen molar-refractivity contribution in [1.82, 2.24) is 4.90 Å². The zero-order valence-electron chi connectivity index (χ0n) is 25.2. The molecule has 1 heterocycles. The number of piperazine rings is 1. The van der Waals surface area contributed by atoms with Gasteiger partial charge in [-0.3, -0.25) is 10.1 Å². The second-order valence-electron chi connectivity index (χ2n) is 12.2. The lowest BCUT2D eigenvalue weighted by molar-refractivity contribution is 0.0240. The van der Waals surface area contributed by atoms with Crippen molar-refractivity contribution >= 4 is 35.2 Å². The number of nitrogens with zero attached hydrogens (tertiary/aromatic N) is 2. The van der Waals surface area contributed by atoms with Crippen LogP contribution in [-0.4, -0.2) is 60.4 Å². The summed E-state index contributed by atoms with van der Waals surface area (Å²) in [6.45, 7) is 13.4. The molecule has 0 saturated carbocycles. The Morgan fingerprint density at radius 1 is 0.667 bits per heavy atom. The number of rotatable bonds is 5. The number of carbonyl (C=O) groups is 3. The van der Waals surface area contributed by atoms with Gasteiger partial charge in [0.15, 0.2) is 0 Å². The van der Waals surface area contributed by atoms with Crippen LogP contribution in [-0.2, 0) is 9.47 Å². The third-order valence-corrected chi connectivity index (χ3v) is 6.44. The Morgan fingerprint density at radius 2 is 1.29 bits per heavy atom. The van der Waals surface area contributed by atoms with Gasteiger partial charge in [-0.25, -0.2) is 9.59 Å². The number of ether oxygens (including phenoxy) is 2. The topological polar surface area (TPSA) is 100 Å². The Balaban J connectivity index is 1.46. The average Bonchev–Trinajstić information content (AvgIpc) is 2.92. The first-order chi connectivity index (χ1) is 19.8. The number of nitrogens with one attached hydrogen (secondary N) is 2.